The quantitative estimate of drug-likeness (QED) is 0.716. The molecule has 0 spiro atoms. The van der Waals surface area contributed by atoms with Crippen LogP contribution < -0.4 is 5.73 Å². The van der Waals surface area contributed by atoms with Gasteiger partial charge in [-0.2, -0.15) is 0 Å². The van der Waals surface area contributed by atoms with Crippen LogP contribution in [0, 0.1) is 0 Å². The van der Waals surface area contributed by atoms with Crippen LogP contribution in [-0.4, -0.2) is 27.1 Å². The Morgan fingerprint density at radius 2 is 1.76 bits per heavy atom. The lowest BCUT2D eigenvalue weighted by atomic mass is 9.90. The molecule has 0 aliphatic carbocycles. The highest BCUT2D eigenvalue weighted by Crippen LogP contribution is 2.25. The number of anilines is 1. The van der Waals surface area contributed by atoms with Crippen molar-refractivity contribution in [3.8, 4) is 0 Å². The minimum Gasteiger partial charge on any atom is -0.478 e. The fraction of sp³-hybridized carbons (Fsp3) is 0.364. The number of pyridine rings is 1. The van der Waals surface area contributed by atoms with Crippen molar-refractivity contribution >= 4 is 17.8 Å². The van der Waals surface area contributed by atoms with Crippen molar-refractivity contribution in [2.75, 3.05) is 5.73 Å². The third-order valence-electron chi connectivity index (χ3n) is 2.26. The Labute approximate surface area is 98.1 Å². The first-order valence-electron chi connectivity index (χ1n) is 4.92. The smallest absolute Gasteiger partial charge is 0.340 e. The molecule has 0 unspecified atom stereocenters. The number of aromatic nitrogens is 1. The number of nitrogen functional groups attached to an aromatic ring is 1. The second-order valence-corrected chi connectivity index (χ2v) is 4.68. The van der Waals surface area contributed by atoms with Crippen LogP contribution in [0.15, 0.2) is 6.07 Å². The summed E-state index contributed by atoms with van der Waals surface area (Å²) in [4.78, 5) is 25.9. The molecule has 1 aromatic heterocycles. The van der Waals surface area contributed by atoms with Gasteiger partial charge in [0.25, 0.3) is 0 Å². The molecule has 0 aliphatic rings. The maximum Gasteiger partial charge on any atom is 0.340 e. The Hall–Kier alpha value is -2.11. The van der Waals surface area contributed by atoms with E-state index in [0.717, 1.165) is 0 Å². The van der Waals surface area contributed by atoms with Gasteiger partial charge in [0.15, 0.2) is 0 Å². The van der Waals surface area contributed by atoms with Crippen LogP contribution in [0.1, 0.15) is 47.2 Å². The monoisotopic (exact) mass is 238 g/mol. The van der Waals surface area contributed by atoms with Crippen molar-refractivity contribution in [2.24, 2.45) is 0 Å². The molecule has 92 valence electrons. The minimum absolute atomic E-state index is 0.276. The lowest BCUT2D eigenvalue weighted by molar-refractivity contribution is 0.0651. The molecule has 4 N–H and O–H groups in total. The van der Waals surface area contributed by atoms with Gasteiger partial charge in [-0.15, -0.1) is 0 Å². The van der Waals surface area contributed by atoms with Gasteiger partial charge in [0.05, 0.1) is 5.56 Å². The molecule has 1 rings (SSSR count). The van der Waals surface area contributed by atoms with E-state index in [1.54, 1.807) is 0 Å². The van der Waals surface area contributed by atoms with Gasteiger partial charge in [-0.3, -0.25) is 0 Å². The Morgan fingerprint density at radius 1 is 1.24 bits per heavy atom. The lowest BCUT2D eigenvalue weighted by Crippen LogP contribution is -2.20. The molecule has 0 saturated carbocycles. The number of hydrogen-bond donors (Lipinski definition) is 3. The van der Waals surface area contributed by atoms with Gasteiger partial charge < -0.3 is 15.9 Å². The highest BCUT2D eigenvalue weighted by molar-refractivity contribution is 6.04. The number of hydrogen-bond acceptors (Lipinski definition) is 4. The second-order valence-electron chi connectivity index (χ2n) is 4.68. The number of rotatable bonds is 2. The van der Waals surface area contributed by atoms with E-state index in [4.69, 9.17) is 15.9 Å². The Balaban J connectivity index is 3.58. The van der Waals surface area contributed by atoms with Crippen LogP contribution in [0.25, 0.3) is 0 Å². The molecule has 0 amide bonds. The molecule has 0 radical (unpaired) electrons. The van der Waals surface area contributed by atoms with E-state index in [1.165, 1.54) is 6.07 Å². The number of carbonyl (C=O) groups is 2. The fourth-order valence-electron chi connectivity index (χ4n) is 1.34. The van der Waals surface area contributed by atoms with Crippen LogP contribution >= 0.6 is 0 Å². The van der Waals surface area contributed by atoms with Gasteiger partial charge in [0.2, 0.25) is 0 Å². The van der Waals surface area contributed by atoms with E-state index >= 15 is 0 Å². The van der Waals surface area contributed by atoms with E-state index in [-0.39, 0.29) is 11.4 Å². The topological polar surface area (TPSA) is 114 Å². The molecule has 6 nitrogen and oxygen atoms in total. The predicted molar refractivity (Wildman–Crippen MR) is 61.3 cm³/mol. The van der Waals surface area contributed by atoms with Gasteiger partial charge in [-0.1, -0.05) is 20.8 Å². The van der Waals surface area contributed by atoms with Crippen molar-refractivity contribution in [3.63, 3.8) is 0 Å². The number of carboxylic acids is 2. The average molecular weight is 238 g/mol. The zero-order valence-corrected chi connectivity index (χ0v) is 9.81. The summed E-state index contributed by atoms with van der Waals surface area (Å²) in [5.74, 6) is -3.00. The summed E-state index contributed by atoms with van der Waals surface area (Å²) < 4.78 is 0. The molecule has 0 aromatic carbocycles. The van der Waals surface area contributed by atoms with Crippen molar-refractivity contribution in [1.29, 1.82) is 0 Å². The van der Waals surface area contributed by atoms with Crippen molar-refractivity contribution in [3.05, 3.63) is 22.9 Å². The van der Waals surface area contributed by atoms with Gasteiger partial charge in [-0.05, 0) is 6.07 Å². The Kier molecular flexibility index (Phi) is 3.08. The molecule has 0 fully saturated rings. The molecule has 1 heterocycles. The van der Waals surface area contributed by atoms with Gasteiger partial charge in [0.1, 0.15) is 11.4 Å². The van der Waals surface area contributed by atoms with Gasteiger partial charge >= 0.3 is 11.9 Å². The number of aromatic carboxylic acids is 2. The van der Waals surface area contributed by atoms with E-state index in [9.17, 15) is 9.59 Å². The maximum atomic E-state index is 11.0. The zero-order valence-electron chi connectivity index (χ0n) is 9.81. The molecule has 1 aromatic rings. The molecular formula is C11H14N2O4. The van der Waals surface area contributed by atoms with Crippen LogP contribution in [0.3, 0.4) is 0 Å². The van der Waals surface area contributed by atoms with Crippen LogP contribution in [0.5, 0.6) is 0 Å². The van der Waals surface area contributed by atoms with Crippen LogP contribution in [0.4, 0.5) is 5.82 Å². The Morgan fingerprint density at radius 3 is 2.12 bits per heavy atom. The molecule has 0 saturated heterocycles. The third-order valence-corrected chi connectivity index (χ3v) is 2.26. The number of carboxylic acid groups (broad SMARTS) is 2. The molecular weight excluding hydrogens is 224 g/mol. The molecule has 6 heteroatoms. The molecule has 0 atom stereocenters. The van der Waals surface area contributed by atoms with E-state index in [0.29, 0.717) is 5.69 Å². The summed E-state index contributed by atoms with van der Waals surface area (Å²) in [6, 6.07) is 1.25. The minimum atomic E-state index is -1.40. The van der Waals surface area contributed by atoms with Crippen molar-refractivity contribution in [1.82, 2.24) is 4.98 Å². The normalized spacial score (nSPS) is 11.2. The summed E-state index contributed by atoms with van der Waals surface area (Å²) in [6.07, 6.45) is 0. The largest absolute Gasteiger partial charge is 0.478 e. The van der Waals surface area contributed by atoms with E-state index in [1.807, 2.05) is 20.8 Å². The first-order valence-corrected chi connectivity index (χ1v) is 4.92. The standard InChI is InChI=1S/C11H14N2O4/c1-11(2,3)6-4-5(9(14)15)7(10(16)17)8(12)13-6/h4H,1-3H3,(H2,12,13)(H,14,15)(H,16,17). The van der Waals surface area contributed by atoms with Crippen molar-refractivity contribution in [2.45, 2.75) is 26.2 Å². The highest BCUT2D eigenvalue weighted by Gasteiger charge is 2.25. The first-order chi connectivity index (χ1) is 7.64. The first kappa shape index (κ1) is 13.0. The molecule has 17 heavy (non-hydrogen) atoms. The Bertz CT molecular complexity index is 489. The summed E-state index contributed by atoms with van der Waals surface area (Å²) in [5.41, 5.74) is 4.73. The third kappa shape index (κ3) is 2.52. The van der Waals surface area contributed by atoms with Gasteiger partial charge in [-0.25, -0.2) is 14.6 Å². The number of nitrogens with two attached hydrogens (primary N) is 1. The van der Waals surface area contributed by atoms with Crippen molar-refractivity contribution < 1.29 is 19.8 Å². The van der Waals surface area contributed by atoms with Crippen LogP contribution in [-0.2, 0) is 5.41 Å². The summed E-state index contributed by atoms with van der Waals surface area (Å²) >= 11 is 0. The fourth-order valence-corrected chi connectivity index (χ4v) is 1.34. The summed E-state index contributed by atoms with van der Waals surface area (Å²) in [6.45, 7) is 5.50. The van der Waals surface area contributed by atoms with E-state index in [2.05, 4.69) is 4.98 Å². The lowest BCUT2D eigenvalue weighted by Gasteiger charge is -2.19. The van der Waals surface area contributed by atoms with Gasteiger partial charge in [0, 0.05) is 11.1 Å². The molecule has 0 bridgehead atoms. The average Bonchev–Trinajstić information content (AvgIpc) is 2.13. The maximum absolute atomic E-state index is 11.0. The zero-order chi connectivity index (χ0) is 13.4. The highest BCUT2D eigenvalue weighted by atomic mass is 16.4. The van der Waals surface area contributed by atoms with Crippen LogP contribution in [0.2, 0.25) is 0 Å². The SMILES string of the molecule is CC(C)(C)c1cc(C(=O)O)c(C(=O)O)c(N)n1. The van der Waals surface area contributed by atoms with E-state index < -0.39 is 22.9 Å². The summed E-state index contributed by atoms with van der Waals surface area (Å²) in [5, 5.41) is 17.9. The molecule has 0 aliphatic heterocycles. The number of nitrogens with zero attached hydrogens (tertiary/aromatic N) is 1. The predicted octanol–water partition coefficient (Wildman–Crippen LogP) is 1.36. The summed E-state index contributed by atoms with van der Waals surface area (Å²) in [7, 11) is 0. The second kappa shape index (κ2) is 4.04.